The highest BCUT2D eigenvalue weighted by Gasteiger charge is 2.18. The van der Waals surface area contributed by atoms with E-state index in [-0.39, 0.29) is 16.6 Å². The van der Waals surface area contributed by atoms with Gasteiger partial charge in [0.2, 0.25) is 0 Å². The van der Waals surface area contributed by atoms with E-state index in [1.165, 1.54) is 24.5 Å². The van der Waals surface area contributed by atoms with E-state index in [4.69, 9.17) is 0 Å². The summed E-state index contributed by atoms with van der Waals surface area (Å²) < 4.78 is 40.0. The van der Waals surface area contributed by atoms with Gasteiger partial charge in [0.25, 0.3) is 10.0 Å². The molecule has 3 N–H and O–H groups in total. The zero-order valence-corrected chi connectivity index (χ0v) is 12.5. The summed E-state index contributed by atoms with van der Waals surface area (Å²) in [5.41, 5.74) is 0.604. The Bertz CT molecular complexity index is 712. The van der Waals surface area contributed by atoms with Crippen LogP contribution in [0.5, 0.6) is 0 Å². The molecule has 0 aliphatic carbocycles. The van der Waals surface area contributed by atoms with E-state index in [1.54, 1.807) is 0 Å². The van der Waals surface area contributed by atoms with Gasteiger partial charge in [-0.3, -0.25) is 9.71 Å². The van der Waals surface area contributed by atoms with Gasteiger partial charge in [0.15, 0.2) is 5.82 Å². The van der Waals surface area contributed by atoms with Gasteiger partial charge in [0.1, 0.15) is 4.90 Å². The smallest absolute Gasteiger partial charge is 0.263 e. The van der Waals surface area contributed by atoms with Gasteiger partial charge < -0.3 is 10.3 Å². The third kappa shape index (κ3) is 4.02. The Morgan fingerprint density at radius 2 is 2.19 bits per heavy atom. The second kappa shape index (κ2) is 6.23. The van der Waals surface area contributed by atoms with Crippen molar-refractivity contribution in [2.45, 2.75) is 31.3 Å². The predicted octanol–water partition coefficient (Wildman–Crippen LogP) is 1.85. The van der Waals surface area contributed by atoms with Crippen LogP contribution < -0.4 is 10.0 Å². The number of hydrogen-bond acceptors (Lipinski definition) is 4. The average molecular weight is 312 g/mol. The number of sulfonamides is 1. The van der Waals surface area contributed by atoms with Crippen LogP contribution >= 0.6 is 0 Å². The van der Waals surface area contributed by atoms with E-state index < -0.39 is 15.8 Å². The zero-order valence-electron chi connectivity index (χ0n) is 11.7. The molecule has 0 unspecified atom stereocenters. The molecule has 0 fully saturated rings. The lowest BCUT2D eigenvalue weighted by Gasteiger charge is -2.07. The van der Waals surface area contributed by atoms with Crippen LogP contribution in [0, 0.1) is 5.82 Å². The van der Waals surface area contributed by atoms with Gasteiger partial charge in [-0.1, -0.05) is 13.8 Å². The van der Waals surface area contributed by atoms with Gasteiger partial charge in [-0.05, 0) is 12.1 Å². The maximum atomic E-state index is 13.4. The van der Waals surface area contributed by atoms with E-state index in [0.717, 1.165) is 11.9 Å². The molecule has 0 aromatic carbocycles. The monoisotopic (exact) mass is 312 g/mol. The topological polar surface area (TPSA) is 86.9 Å². The van der Waals surface area contributed by atoms with Crippen LogP contribution in [-0.4, -0.2) is 24.4 Å². The standard InChI is InChI=1S/C13H17FN4O2S/c1-9(2)16-6-10-5-11(7-17-10)21(19,20)18-13-3-4-15-8-12(13)14/h3-5,7-9,16-17H,6H2,1-2H3,(H,15,18). The number of halogens is 1. The first-order valence-corrected chi connectivity index (χ1v) is 7.90. The third-order valence-corrected chi connectivity index (χ3v) is 4.09. The summed E-state index contributed by atoms with van der Waals surface area (Å²) in [6.07, 6.45) is 3.64. The Hall–Kier alpha value is -1.93. The molecule has 2 aromatic heterocycles. The maximum Gasteiger partial charge on any atom is 0.263 e. The van der Waals surface area contributed by atoms with Crippen molar-refractivity contribution in [3.8, 4) is 0 Å². The fraction of sp³-hybridized carbons (Fsp3) is 0.308. The van der Waals surface area contributed by atoms with E-state index >= 15 is 0 Å². The lowest BCUT2D eigenvalue weighted by molar-refractivity contribution is 0.582. The summed E-state index contributed by atoms with van der Waals surface area (Å²) in [6, 6.07) is 3.06. The first-order chi connectivity index (χ1) is 9.88. The first kappa shape index (κ1) is 15.5. The SMILES string of the molecule is CC(C)NCc1cc(S(=O)(=O)Nc2ccncc2F)c[nH]1. The zero-order chi connectivity index (χ0) is 15.5. The highest BCUT2D eigenvalue weighted by Crippen LogP contribution is 2.18. The van der Waals surface area contributed by atoms with Crippen LogP contribution in [0.2, 0.25) is 0 Å². The fourth-order valence-electron chi connectivity index (χ4n) is 1.65. The van der Waals surface area contributed by atoms with Crippen molar-refractivity contribution in [2.24, 2.45) is 0 Å². The quantitative estimate of drug-likeness (QED) is 0.759. The molecule has 0 bridgehead atoms. The molecule has 0 saturated carbocycles. The van der Waals surface area contributed by atoms with Crippen LogP contribution in [0.1, 0.15) is 19.5 Å². The molecule has 2 aromatic rings. The van der Waals surface area contributed by atoms with Gasteiger partial charge in [-0.25, -0.2) is 12.8 Å². The molecule has 2 rings (SSSR count). The van der Waals surface area contributed by atoms with Gasteiger partial charge in [0.05, 0.1) is 11.9 Å². The molecular formula is C13H17FN4O2S. The van der Waals surface area contributed by atoms with Crippen molar-refractivity contribution in [2.75, 3.05) is 4.72 Å². The highest BCUT2D eigenvalue weighted by molar-refractivity contribution is 7.92. The normalized spacial score (nSPS) is 11.8. The van der Waals surface area contributed by atoms with Crippen molar-refractivity contribution in [3.63, 3.8) is 0 Å². The molecule has 0 aliphatic rings. The number of rotatable bonds is 6. The minimum Gasteiger partial charge on any atom is -0.363 e. The van der Waals surface area contributed by atoms with Crippen molar-refractivity contribution in [1.82, 2.24) is 15.3 Å². The van der Waals surface area contributed by atoms with Gasteiger partial charge in [-0.15, -0.1) is 0 Å². The van der Waals surface area contributed by atoms with E-state index in [2.05, 4.69) is 20.0 Å². The van der Waals surface area contributed by atoms with Crippen LogP contribution in [0.4, 0.5) is 10.1 Å². The summed E-state index contributed by atoms with van der Waals surface area (Å²) in [5, 5.41) is 3.17. The van der Waals surface area contributed by atoms with E-state index in [9.17, 15) is 12.8 Å². The number of aromatic amines is 1. The highest BCUT2D eigenvalue weighted by atomic mass is 32.2. The van der Waals surface area contributed by atoms with E-state index in [0.29, 0.717) is 6.54 Å². The Balaban J connectivity index is 2.15. The Kier molecular flexibility index (Phi) is 4.59. The fourth-order valence-corrected chi connectivity index (χ4v) is 2.74. The lowest BCUT2D eigenvalue weighted by Crippen LogP contribution is -2.21. The Labute approximate surface area is 122 Å². The predicted molar refractivity (Wildman–Crippen MR) is 77.8 cm³/mol. The number of aromatic nitrogens is 2. The van der Waals surface area contributed by atoms with Gasteiger partial charge in [0, 0.05) is 30.7 Å². The van der Waals surface area contributed by atoms with Crippen LogP contribution in [0.3, 0.4) is 0 Å². The summed E-state index contributed by atoms with van der Waals surface area (Å²) in [6.45, 7) is 4.51. The second-order valence-electron chi connectivity index (χ2n) is 4.86. The molecule has 21 heavy (non-hydrogen) atoms. The molecular weight excluding hydrogens is 295 g/mol. The van der Waals surface area contributed by atoms with E-state index in [1.807, 2.05) is 13.8 Å². The third-order valence-electron chi connectivity index (χ3n) is 2.74. The second-order valence-corrected chi connectivity index (χ2v) is 6.54. The largest absolute Gasteiger partial charge is 0.363 e. The molecule has 0 amide bonds. The Morgan fingerprint density at radius 1 is 1.43 bits per heavy atom. The number of H-pyrrole nitrogens is 1. The lowest BCUT2D eigenvalue weighted by atomic mass is 10.3. The van der Waals surface area contributed by atoms with Crippen molar-refractivity contribution >= 4 is 15.7 Å². The van der Waals surface area contributed by atoms with Crippen molar-refractivity contribution in [3.05, 3.63) is 42.2 Å². The summed E-state index contributed by atoms with van der Waals surface area (Å²) in [5.74, 6) is -0.724. The molecule has 0 saturated heterocycles. The Morgan fingerprint density at radius 3 is 2.86 bits per heavy atom. The molecule has 0 radical (unpaired) electrons. The molecule has 0 spiro atoms. The molecule has 0 aliphatic heterocycles. The summed E-state index contributed by atoms with van der Waals surface area (Å²) >= 11 is 0. The van der Waals surface area contributed by atoms with Crippen LogP contribution in [0.25, 0.3) is 0 Å². The summed E-state index contributed by atoms with van der Waals surface area (Å²) in [4.78, 5) is 6.50. The van der Waals surface area contributed by atoms with Gasteiger partial charge >= 0.3 is 0 Å². The number of nitrogens with zero attached hydrogens (tertiary/aromatic N) is 1. The minimum atomic E-state index is -3.83. The van der Waals surface area contributed by atoms with Gasteiger partial charge in [-0.2, -0.15) is 0 Å². The number of nitrogens with one attached hydrogen (secondary N) is 3. The minimum absolute atomic E-state index is 0.0549. The maximum absolute atomic E-state index is 13.4. The molecule has 2 heterocycles. The molecule has 8 heteroatoms. The molecule has 0 atom stereocenters. The van der Waals surface area contributed by atoms with Crippen molar-refractivity contribution < 1.29 is 12.8 Å². The van der Waals surface area contributed by atoms with Crippen LogP contribution in [0.15, 0.2) is 35.6 Å². The number of pyridine rings is 1. The number of hydrogen-bond donors (Lipinski definition) is 3. The van der Waals surface area contributed by atoms with Crippen molar-refractivity contribution in [1.29, 1.82) is 0 Å². The molecule has 6 nitrogen and oxygen atoms in total. The first-order valence-electron chi connectivity index (χ1n) is 6.41. The molecule has 114 valence electrons. The average Bonchev–Trinajstić information content (AvgIpc) is 2.88. The summed E-state index contributed by atoms with van der Waals surface area (Å²) in [7, 11) is -3.83. The van der Waals surface area contributed by atoms with Crippen LogP contribution in [-0.2, 0) is 16.6 Å². The number of anilines is 1.